The van der Waals surface area contributed by atoms with Gasteiger partial charge in [-0.05, 0) is 12.1 Å². The number of carbonyl (C=O) groups is 1. The van der Waals surface area contributed by atoms with Gasteiger partial charge in [0.2, 0.25) is 0 Å². The molecule has 1 saturated heterocycles. The fraction of sp³-hybridized carbons (Fsp3) is 0.500. The predicted octanol–water partition coefficient (Wildman–Crippen LogP) is 3.70. The normalized spacial score (nSPS) is 22.3. The van der Waals surface area contributed by atoms with E-state index >= 15 is 0 Å². The molecule has 1 aliphatic rings. The number of nitrogens with zero attached hydrogens (tertiary/aromatic N) is 1. The maximum atomic E-state index is 13.0. The van der Waals surface area contributed by atoms with Gasteiger partial charge in [0.05, 0.1) is 24.0 Å². The van der Waals surface area contributed by atoms with Crippen LogP contribution in [0.4, 0.5) is 13.2 Å². The van der Waals surface area contributed by atoms with E-state index in [1.165, 1.54) is 18.1 Å². The lowest BCUT2D eigenvalue weighted by Gasteiger charge is -2.19. The monoisotopic (exact) mass is 371 g/mol. The zero-order valence-corrected chi connectivity index (χ0v) is 13.5. The molecule has 0 aliphatic carbocycles. The van der Waals surface area contributed by atoms with Crippen LogP contribution in [0.5, 0.6) is 5.75 Å². The van der Waals surface area contributed by atoms with Gasteiger partial charge in [0.1, 0.15) is 5.75 Å². The number of hydrogen-bond donors (Lipinski definition) is 1. The van der Waals surface area contributed by atoms with Crippen LogP contribution in [0.3, 0.4) is 0 Å². The third-order valence-electron chi connectivity index (χ3n) is 3.82. The van der Waals surface area contributed by atoms with Gasteiger partial charge in [0.15, 0.2) is 0 Å². The van der Waals surface area contributed by atoms with E-state index in [1.807, 2.05) is 0 Å². The average Bonchev–Trinajstić information content (AvgIpc) is 2.82. The van der Waals surface area contributed by atoms with E-state index in [4.69, 9.17) is 33.0 Å². The molecule has 0 aromatic heterocycles. The Balaban J connectivity index is 2.24. The van der Waals surface area contributed by atoms with Crippen LogP contribution < -0.4 is 4.74 Å². The Morgan fingerprint density at radius 2 is 2.04 bits per heavy atom. The van der Waals surface area contributed by atoms with E-state index in [2.05, 4.69) is 0 Å². The van der Waals surface area contributed by atoms with E-state index in [9.17, 15) is 18.0 Å². The smallest absolute Gasteiger partial charge is 0.393 e. The van der Waals surface area contributed by atoms with Crippen molar-refractivity contribution in [2.75, 3.05) is 20.2 Å². The van der Waals surface area contributed by atoms with E-state index in [0.29, 0.717) is 16.3 Å². The minimum absolute atomic E-state index is 0.0693. The fourth-order valence-electron chi connectivity index (χ4n) is 2.80. The number of likely N-dealkylation sites (tertiary alicyclic amines) is 1. The molecule has 0 saturated carbocycles. The first kappa shape index (κ1) is 18.2. The quantitative estimate of drug-likeness (QED) is 0.876. The second kappa shape index (κ2) is 6.75. The van der Waals surface area contributed by atoms with E-state index in [0.717, 1.165) is 0 Å². The molecule has 1 aromatic rings. The van der Waals surface area contributed by atoms with Gasteiger partial charge in [-0.1, -0.05) is 23.2 Å². The molecule has 9 heteroatoms. The SMILES string of the molecule is COc1c(Cl)cc(Cl)cc1CN1C[C@@H](C(F)(F)F)[C@H](C(=O)O)C1. The maximum Gasteiger partial charge on any atom is 0.393 e. The standard InChI is InChI=1S/C14H14Cl2F3NO3/c1-23-12-7(2-8(15)3-11(12)16)4-20-5-9(13(21)22)10(6-20)14(17,18)19/h2-3,9-10H,4-6H2,1H3,(H,21,22)/t9-,10-/m1/s1. The van der Waals surface area contributed by atoms with Crippen molar-refractivity contribution < 1.29 is 27.8 Å². The molecule has 4 nitrogen and oxygen atoms in total. The largest absolute Gasteiger partial charge is 0.495 e. The molecule has 0 radical (unpaired) electrons. The number of rotatable bonds is 4. The molecule has 1 heterocycles. The van der Waals surface area contributed by atoms with Crippen LogP contribution >= 0.6 is 23.2 Å². The Morgan fingerprint density at radius 1 is 1.39 bits per heavy atom. The first-order valence-electron chi connectivity index (χ1n) is 6.67. The van der Waals surface area contributed by atoms with Gasteiger partial charge in [0.25, 0.3) is 0 Å². The van der Waals surface area contributed by atoms with Crippen molar-refractivity contribution in [1.29, 1.82) is 0 Å². The van der Waals surface area contributed by atoms with Gasteiger partial charge in [-0.3, -0.25) is 9.69 Å². The highest BCUT2D eigenvalue weighted by atomic mass is 35.5. The maximum absolute atomic E-state index is 13.0. The summed E-state index contributed by atoms with van der Waals surface area (Å²) in [5.74, 6) is -4.53. The van der Waals surface area contributed by atoms with E-state index in [1.54, 1.807) is 6.07 Å². The van der Waals surface area contributed by atoms with Crippen molar-refractivity contribution >= 4 is 29.2 Å². The van der Waals surface area contributed by atoms with Crippen LogP contribution in [0, 0.1) is 11.8 Å². The summed E-state index contributed by atoms with van der Waals surface area (Å²) >= 11 is 11.9. The molecule has 1 N–H and O–H groups in total. The molecule has 2 rings (SSSR count). The van der Waals surface area contributed by atoms with Crippen molar-refractivity contribution in [3.05, 3.63) is 27.7 Å². The molecule has 23 heavy (non-hydrogen) atoms. The van der Waals surface area contributed by atoms with Crippen LogP contribution in [-0.4, -0.2) is 42.4 Å². The molecule has 1 aromatic carbocycles. The molecule has 1 fully saturated rings. The van der Waals surface area contributed by atoms with Crippen molar-refractivity contribution in [2.24, 2.45) is 11.8 Å². The van der Waals surface area contributed by atoms with Gasteiger partial charge in [-0.2, -0.15) is 13.2 Å². The Labute approximate surface area is 140 Å². The summed E-state index contributed by atoms with van der Waals surface area (Å²) < 4.78 is 44.2. The molecule has 0 unspecified atom stereocenters. The summed E-state index contributed by atoms with van der Waals surface area (Å²) in [7, 11) is 1.39. The average molecular weight is 372 g/mol. The minimum atomic E-state index is -4.56. The lowest BCUT2D eigenvalue weighted by atomic mass is 9.96. The molecule has 1 aliphatic heterocycles. The predicted molar refractivity (Wildman–Crippen MR) is 79.0 cm³/mol. The second-order valence-electron chi connectivity index (χ2n) is 5.37. The minimum Gasteiger partial charge on any atom is -0.495 e. The summed E-state index contributed by atoms with van der Waals surface area (Å²) in [4.78, 5) is 12.5. The van der Waals surface area contributed by atoms with Crippen molar-refractivity contribution in [2.45, 2.75) is 12.7 Å². The second-order valence-corrected chi connectivity index (χ2v) is 6.21. The van der Waals surface area contributed by atoms with Gasteiger partial charge >= 0.3 is 12.1 Å². The van der Waals surface area contributed by atoms with Crippen molar-refractivity contribution in [1.82, 2.24) is 4.90 Å². The van der Waals surface area contributed by atoms with E-state index < -0.39 is 30.5 Å². The molecular formula is C14H14Cl2F3NO3. The van der Waals surface area contributed by atoms with Crippen LogP contribution in [0.1, 0.15) is 5.56 Å². The van der Waals surface area contributed by atoms with Crippen LogP contribution in [0.25, 0.3) is 0 Å². The number of alkyl halides is 3. The zero-order chi connectivity index (χ0) is 17.4. The van der Waals surface area contributed by atoms with Gasteiger partial charge < -0.3 is 9.84 Å². The van der Waals surface area contributed by atoms with Crippen LogP contribution in [0.15, 0.2) is 12.1 Å². The Kier molecular flexibility index (Phi) is 5.33. The Morgan fingerprint density at radius 3 is 2.52 bits per heavy atom. The number of halogens is 5. The Bertz CT molecular complexity index is 610. The number of aliphatic carboxylic acids is 1. The van der Waals surface area contributed by atoms with Gasteiger partial charge in [-0.25, -0.2) is 0 Å². The first-order chi connectivity index (χ1) is 10.6. The summed E-state index contributed by atoms with van der Waals surface area (Å²) in [5.41, 5.74) is 0.511. The third kappa shape index (κ3) is 4.02. The Hall–Kier alpha value is -1.18. The topological polar surface area (TPSA) is 49.8 Å². The van der Waals surface area contributed by atoms with Crippen LogP contribution in [-0.2, 0) is 11.3 Å². The number of methoxy groups -OCH3 is 1. The van der Waals surface area contributed by atoms with E-state index in [-0.39, 0.29) is 18.1 Å². The first-order valence-corrected chi connectivity index (χ1v) is 7.43. The molecule has 128 valence electrons. The van der Waals surface area contributed by atoms with Crippen molar-refractivity contribution in [3.63, 3.8) is 0 Å². The number of benzene rings is 1. The molecule has 0 amide bonds. The van der Waals surface area contributed by atoms with Gasteiger partial charge in [0, 0.05) is 30.2 Å². The molecular weight excluding hydrogens is 358 g/mol. The third-order valence-corrected chi connectivity index (χ3v) is 4.32. The summed E-state index contributed by atoms with van der Waals surface area (Å²) in [6.07, 6.45) is -4.56. The molecule has 0 bridgehead atoms. The van der Waals surface area contributed by atoms with Gasteiger partial charge in [-0.15, -0.1) is 0 Å². The number of carboxylic acids is 1. The summed E-state index contributed by atoms with van der Waals surface area (Å²) in [6, 6.07) is 3.01. The highest BCUT2D eigenvalue weighted by Gasteiger charge is 2.52. The molecule has 2 atom stereocenters. The zero-order valence-electron chi connectivity index (χ0n) is 12.0. The fourth-order valence-corrected chi connectivity index (χ4v) is 3.41. The lowest BCUT2D eigenvalue weighted by molar-refractivity contribution is -0.188. The van der Waals surface area contributed by atoms with Crippen LogP contribution in [0.2, 0.25) is 10.0 Å². The highest BCUT2D eigenvalue weighted by Crippen LogP contribution is 2.39. The molecule has 0 spiro atoms. The summed E-state index contributed by atoms with van der Waals surface area (Å²) in [5, 5.41) is 9.60. The highest BCUT2D eigenvalue weighted by molar-refractivity contribution is 6.35. The number of ether oxygens (including phenoxy) is 1. The lowest BCUT2D eigenvalue weighted by Crippen LogP contribution is -2.33. The van der Waals surface area contributed by atoms with Crippen molar-refractivity contribution in [3.8, 4) is 5.75 Å². The summed E-state index contributed by atoms with van der Waals surface area (Å²) in [6.45, 7) is -0.527. The number of carboxylic acid groups (broad SMARTS) is 1. The number of hydrogen-bond acceptors (Lipinski definition) is 3.